The summed E-state index contributed by atoms with van der Waals surface area (Å²) in [4.78, 5) is 101. The first-order chi connectivity index (χ1) is 26.0. The standard InChI is InChI=1S/C36H54N7O11P/c1-22(2)15-29(41-36(50)31-11-7-13-43(31)24(4)45)32(46)17-25(16-27-19-38-21-40-27)35(49)42-30(20-44)33(47)18-28(34(37)48)23(3)54-55(51,52)53-14-8-10-26-9-5-6-12-39-26/h5-6,9,12,19,21-23,25,28-31,44H,7-8,10-11,13-18,20H2,1-4H3,(H2,37,48)(H,38,40)(H,41,50)(H,42,49)(H,51,52)/t23-,25-,28+,29+,30+,31+/m1/s1. The highest BCUT2D eigenvalue weighted by molar-refractivity contribution is 7.47. The number of aliphatic hydroxyl groups excluding tert-OH is 1. The molecule has 304 valence electrons. The maximum Gasteiger partial charge on any atom is 0.472 e. The van der Waals surface area contributed by atoms with Gasteiger partial charge in [-0.15, -0.1) is 0 Å². The van der Waals surface area contributed by atoms with Gasteiger partial charge in [-0.3, -0.25) is 42.8 Å². The van der Waals surface area contributed by atoms with Crippen LogP contribution in [0.15, 0.2) is 36.9 Å². The number of H-pyrrole nitrogens is 1. The zero-order valence-corrected chi connectivity index (χ0v) is 32.6. The Morgan fingerprint density at radius 3 is 2.42 bits per heavy atom. The molecule has 1 saturated heterocycles. The minimum Gasteiger partial charge on any atom is -0.394 e. The number of amides is 4. The number of imidazole rings is 1. The van der Waals surface area contributed by atoms with Gasteiger partial charge in [0.05, 0.1) is 43.5 Å². The van der Waals surface area contributed by atoms with Crippen molar-refractivity contribution in [1.82, 2.24) is 30.5 Å². The lowest BCUT2D eigenvalue weighted by molar-refractivity contribution is -0.138. The number of nitrogens with one attached hydrogen (secondary N) is 3. The van der Waals surface area contributed by atoms with Crippen molar-refractivity contribution in [1.29, 1.82) is 0 Å². The largest absolute Gasteiger partial charge is 0.472 e. The summed E-state index contributed by atoms with van der Waals surface area (Å²) in [5.74, 6) is -6.36. The molecule has 4 amide bonds. The zero-order chi connectivity index (χ0) is 40.7. The molecule has 1 aliphatic heterocycles. The van der Waals surface area contributed by atoms with Gasteiger partial charge in [0.15, 0.2) is 11.6 Å². The molecule has 7 N–H and O–H groups in total. The summed E-state index contributed by atoms with van der Waals surface area (Å²) >= 11 is 0. The predicted octanol–water partition coefficient (Wildman–Crippen LogP) is 1.16. The van der Waals surface area contributed by atoms with Crippen LogP contribution in [0.4, 0.5) is 0 Å². The molecule has 1 unspecified atom stereocenters. The summed E-state index contributed by atoms with van der Waals surface area (Å²) in [7, 11) is -4.70. The number of phosphoric ester groups is 1. The third kappa shape index (κ3) is 14.7. The number of hydrogen-bond donors (Lipinski definition) is 6. The van der Waals surface area contributed by atoms with Gasteiger partial charge in [-0.2, -0.15) is 0 Å². The summed E-state index contributed by atoms with van der Waals surface area (Å²) in [6.45, 7) is 5.78. The Bertz CT molecular complexity index is 1640. The number of carbonyl (C=O) groups is 6. The molecule has 0 saturated carbocycles. The number of rotatable bonds is 24. The summed E-state index contributed by atoms with van der Waals surface area (Å²) < 4.78 is 22.8. The number of Topliss-reactive ketones (excluding diaryl/α,β-unsaturated/α-hetero) is 2. The molecule has 1 aliphatic rings. The molecule has 0 radical (unpaired) electrons. The van der Waals surface area contributed by atoms with Crippen LogP contribution in [-0.4, -0.2) is 109 Å². The van der Waals surface area contributed by atoms with Gasteiger partial charge in [-0.05, 0) is 57.1 Å². The van der Waals surface area contributed by atoms with E-state index in [2.05, 4.69) is 25.6 Å². The van der Waals surface area contributed by atoms with E-state index >= 15 is 0 Å². The molecule has 19 heteroatoms. The molecule has 7 atom stereocenters. The molecule has 3 rings (SSSR count). The number of primary amides is 1. The van der Waals surface area contributed by atoms with Crippen molar-refractivity contribution in [3.05, 3.63) is 48.3 Å². The summed E-state index contributed by atoms with van der Waals surface area (Å²) in [6.07, 6.45) is 4.21. The first-order valence-electron chi connectivity index (χ1n) is 18.4. The number of aromatic amines is 1. The first-order valence-corrected chi connectivity index (χ1v) is 19.9. The molecule has 2 aromatic rings. The molecule has 0 aromatic carbocycles. The smallest absolute Gasteiger partial charge is 0.394 e. The van der Waals surface area contributed by atoms with E-state index < -0.39 is 86.2 Å². The molecule has 2 aromatic heterocycles. The lowest BCUT2D eigenvalue weighted by Gasteiger charge is -2.27. The number of nitrogens with two attached hydrogens (primary N) is 1. The summed E-state index contributed by atoms with van der Waals surface area (Å²) in [5, 5.41) is 15.4. The number of likely N-dealkylation sites (tertiary alicyclic amines) is 1. The van der Waals surface area contributed by atoms with E-state index in [1.165, 1.54) is 31.3 Å². The molecule has 0 aliphatic carbocycles. The van der Waals surface area contributed by atoms with Crippen LogP contribution in [0.1, 0.15) is 77.6 Å². The fourth-order valence-corrected chi connectivity index (χ4v) is 7.39. The minimum absolute atomic E-state index is 0.0184. The fraction of sp³-hybridized carbons (Fsp3) is 0.611. The number of carbonyl (C=O) groups excluding carboxylic acids is 6. The molecule has 55 heavy (non-hydrogen) atoms. The van der Waals surface area contributed by atoms with E-state index in [0.29, 0.717) is 37.9 Å². The number of phosphoric acid groups is 1. The normalized spacial score (nSPS) is 18.1. The van der Waals surface area contributed by atoms with E-state index in [0.717, 1.165) is 5.69 Å². The van der Waals surface area contributed by atoms with E-state index in [4.69, 9.17) is 14.8 Å². The second-order valence-corrected chi connectivity index (χ2v) is 15.6. The Morgan fingerprint density at radius 2 is 1.82 bits per heavy atom. The van der Waals surface area contributed by atoms with Gasteiger partial charge >= 0.3 is 7.82 Å². The number of aryl methyl sites for hydroxylation is 1. The fourth-order valence-electron chi connectivity index (χ4n) is 6.40. The summed E-state index contributed by atoms with van der Waals surface area (Å²) in [5.41, 5.74) is 6.79. The van der Waals surface area contributed by atoms with Gasteiger partial charge in [0.25, 0.3) is 0 Å². The van der Waals surface area contributed by atoms with Crippen LogP contribution in [0.25, 0.3) is 0 Å². The van der Waals surface area contributed by atoms with Crippen LogP contribution in [0, 0.1) is 17.8 Å². The summed E-state index contributed by atoms with van der Waals surface area (Å²) in [6, 6.07) is 2.13. The topological polar surface area (TPSA) is 273 Å². The second kappa shape index (κ2) is 21.7. The minimum atomic E-state index is -4.70. The monoisotopic (exact) mass is 791 g/mol. The quantitative estimate of drug-likeness (QED) is 0.0644. The molecule has 0 bridgehead atoms. The van der Waals surface area contributed by atoms with Gasteiger partial charge in [0.2, 0.25) is 23.6 Å². The van der Waals surface area contributed by atoms with Crippen molar-refractivity contribution in [3.63, 3.8) is 0 Å². The average molecular weight is 792 g/mol. The van der Waals surface area contributed by atoms with E-state index in [9.17, 15) is 43.3 Å². The highest BCUT2D eigenvalue weighted by atomic mass is 31.2. The molecular formula is C36H54N7O11P. The molecule has 0 spiro atoms. The van der Waals surface area contributed by atoms with E-state index in [1.807, 2.05) is 13.8 Å². The third-order valence-corrected chi connectivity index (χ3v) is 10.4. The Morgan fingerprint density at radius 1 is 1.09 bits per heavy atom. The van der Waals surface area contributed by atoms with Crippen molar-refractivity contribution in [2.45, 2.75) is 103 Å². The van der Waals surface area contributed by atoms with Gasteiger partial charge < -0.3 is 36.3 Å². The lowest BCUT2D eigenvalue weighted by atomic mass is 9.89. The highest BCUT2D eigenvalue weighted by Gasteiger charge is 2.38. The van der Waals surface area contributed by atoms with Gasteiger partial charge in [0.1, 0.15) is 12.1 Å². The number of hydrogen-bond acceptors (Lipinski definition) is 12. The van der Waals surface area contributed by atoms with Crippen LogP contribution >= 0.6 is 7.82 Å². The van der Waals surface area contributed by atoms with Crippen LogP contribution in [-0.2, 0) is 55.2 Å². The molecule has 1 fully saturated rings. The third-order valence-electron chi connectivity index (χ3n) is 9.31. The Kier molecular flexibility index (Phi) is 17.7. The molecular weight excluding hydrogens is 737 g/mol. The Hall–Kier alpha value is -4.35. The van der Waals surface area contributed by atoms with Gasteiger partial charge in [0, 0.05) is 56.5 Å². The number of ketones is 2. The number of nitrogens with zero attached hydrogens (tertiary/aromatic N) is 3. The number of aliphatic hydroxyl groups is 1. The lowest BCUT2D eigenvalue weighted by Crippen LogP contribution is -2.52. The number of pyridine rings is 1. The van der Waals surface area contributed by atoms with E-state index in [1.54, 1.807) is 24.4 Å². The predicted molar refractivity (Wildman–Crippen MR) is 197 cm³/mol. The first kappa shape index (κ1) is 45.0. The average Bonchev–Trinajstić information content (AvgIpc) is 3.83. The van der Waals surface area contributed by atoms with Crippen molar-refractivity contribution in [2.75, 3.05) is 19.8 Å². The van der Waals surface area contributed by atoms with E-state index in [-0.39, 0.29) is 37.7 Å². The Balaban J connectivity index is 1.67. The maximum absolute atomic E-state index is 13.8. The second-order valence-electron chi connectivity index (χ2n) is 14.2. The van der Waals surface area contributed by atoms with Crippen molar-refractivity contribution >= 4 is 43.0 Å². The van der Waals surface area contributed by atoms with Crippen molar-refractivity contribution in [2.24, 2.45) is 23.5 Å². The SMILES string of the molecule is CC(=O)N1CCC[C@H]1C(=O)N[C@@H](CC(C)C)C(=O)C[C@@H](Cc1cnc[nH]1)C(=O)N[C@@H](CO)C(=O)C[C@H](C(N)=O)[C@@H](C)OP(=O)(O)OCCCc1ccccn1. The molecule has 3 heterocycles. The van der Waals surface area contributed by atoms with Crippen LogP contribution < -0.4 is 16.4 Å². The van der Waals surface area contributed by atoms with Crippen molar-refractivity contribution in [3.8, 4) is 0 Å². The van der Waals surface area contributed by atoms with Crippen LogP contribution in [0.2, 0.25) is 0 Å². The highest BCUT2D eigenvalue weighted by Crippen LogP contribution is 2.46. The maximum atomic E-state index is 13.8. The van der Waals surface area contributed by atoms with Crippen molar-refractivity contribution < 1.29 is 52.4 Å². The van der Waals surface area contributed by atoms with Gasteiger partial charge in [-0.25, -0.2) is 9.55 Å². The van der Waals surface area contributed by atoms with Crippen LogP contribution in [0.3, 0.4) is 0 Å². The zero-order valence-electron chi connectivity index (χ0n) is 31.7. The van der Waals surface area contributed by atoms with Crippen LogP contribution in [0.5, 0.6) is 0 Å². The number of aromatic nitrogens is 3. The molecule has 18 nitrogen and oxygen atoms in total. The van der Waals surface area contributed by atoms with Gasteiger partial charge in [-0.1, -0.05) is 19.9 Å². The Labute approximate surface area is 320 Å².